The average Bonchev–Trinajstić information content (AvgIpc) is 3.24. The van der Waals surface area contributed by atoms with E-state index in [0.717, 1.165) is 12.8 Å². The van der Waals surface area contributed by atoms with Gasteiger partial charge < -0.3 is 19.3 Å². The Hall–Kier alpha value is -3.20. The number of hydrogen-bond donors (Lipinski definition) is 0. The van der Waals surface area contributed by atoms with Crippen LogP contribution in [0.1, 0.15) is 36.0 Å². The highest BCUT2D eigenvalue weighted by Gasteiger charge is 2.37. The third kappa shape index (κ3) is 5.93. The van der Waals surface area contributed by atoms with Gasteiger partial charge in [-0.15, -0.1) is 0 Å². The number of aryl methyl sites for hydroxylation is 2. The molecule has 2 saturated heterocycles. The fourth-order valence-corrected chi connectivity index (χ4v) is 7.43. The van der Waals surface area contributed by atoms with Gasteiger partial charge in [-0.25, -0.2) is 13.4 Å². The molecule has 1 unspecified atom stereocenters. The van der Waals surface area contributed by atoms with Gasteiger partial charge in [0.05, 0.1) is 24.2 Å². The Morgan fingerprint density at radius 2 is 1.89 bits per heavy atom. The first-order valence-electron chi connectivity index (χ1n) is 12.9. The minimum Gasteiger partial charge on any atom is -0.497 e. The van der Waals surface area contributed by atoms with Gasteiger partial charge in [-0.2, -0.15) is 9.57 Å². The summed E-state index contributed by atoms with van der Waals surface area (Å²) in [5, 5.41) is 9.38. The van der Waals surface area contributed by atoms with Gasteiger partial charge in [0.25, 0.3) is 0 Å². The highest BCUT2D eigenvalue weighted by Crippen LogP contribution is 2.32. The maximum Gasteiger partial charge on any atom is 0.248 e. The van der Waals surface area contributed by atoms with Gasteiger partial charge in [0.2, 0.25) is 15.9 Å². The van der Waals surface area contributed by atoms with Crippen molar-refractivity contribution in [2.24, 2.45) is 0 Å². The van der Waals surface area contributed by atoms with Crippen LogP contribution in [-0.4, -0.2) is 87.6 Å². The van der Waals surface area contributed by atoms with Crippen LogP contribution in [0.4, 0.5) is 5.82 Å². The third-order valence-corrected chi connectivity index (χ3v) is 9.41. The van der Waals surface area contributed by atoms with Gasteiger partial charge in [-0.1, -0.05) is 0 Å². The van der Waals surface area contributed by atoms with Crippen LogP contribution in [0.3, 0.4) is 0 Å². The Morgan fingerprint density at radius 1 is 1.13 bits per heavy atom. The van der Waals surface area contributed by atoms with Gasteiger partial charge in [0.1, 0.15) is 24.2 Å². The molecular formula is C27H35N5O5S. The van der Waals surface area contributed by atoms with E-state index in [1.165, 1.54) is 4.31 Å². The van der Waals surface area contributed by atoms with Crippen molar-refractivity contribution >= 4 is 21.7 Å². The number of benzene rings is 1. The lowest BCUT2D eigenvalue weighted by molar-refractivity contribution is -0.136. The van der Waals surface area contributed by atoms with E-state index < -0.39 is 10.0 Å². The van der Waals surface area contributed by atoms with E-state index in [1.54, 1.807) is 56.3 Å². The number of carbonyl (C=O) groups is 1. The Kier molecular flexibility index (Phi) is 8.87. The molecule has 38 heavy (non-hydrogen) atoms. The Bertz CT molecular complexity index is 1290. The lowest BCUT2D eigenvalue weighted by Crippen LogP contribution is -2.41. The second kappa shape index (κ2) is 12.1. The molecule has 4 rings (SSSR count). The summed E-state index contributed by atoms with van der Waals surface area (Å²) >= 11 is 0. The van der Waals surface area contributed by atoms with Crippen LogP contribution in [0.5, 0.6) is 5.75 Å². The maximum atomic E-state index is 13.6. The Balaban J connectivity index is 1.34. The number of methoxy groups -OCH3 is 1. The van der Waals surface area contributed by atoms with Crippen LogP contribution >= 0.6 is 0 Å². The van der Waals surface area contributed by atoms with Gasteiger partial charge in [0, 0.05) is 45.0 Å². The van der Waals surface area contributed by atoms with Crippen molar-refractivity contribution < 1.29 is 22.7 Å². The normalized spacial score (nSPS) is 18.7. The van der Waals surface area contributed by atoms with Crippen molar-refractivity contribution in [3.8, 4) is 11.8 Å². The van der Waals surface area contributed by atoms with Crippen LogP contribution in [0, 0.1) is 25.2 Å². The number of anilines is 1. The minimum atomic E-state index is -3.72. The molecule has 3 heterocycles. The summed E-state index contributed by atoms with van der Waals surface area (Å²) in [4.78, 5) is 21.4. The lowest BCUT2D eigenvalue weighted by atomic mass is 10.1. The molecule has 1 aromatic heterocycles. The van der Waals surface area contributed by atoms with Crippen molar-refractivity contribution in [1.29, 1.82) is 5.26 Å². The molecule has 0 bridgehead atoms. The molecule has 2 fully saturated rings. The van der Waals surface area contributed by atoms with E-state index in [-0.39, 0.29) is 25.2 Å². The summed E-state index contributed by atoms with van der Waals surface area (Å²) in [7, 11) is -2.16. The highest BCUT2D eigenvalue weighted by molar-refractivity contribution is 7.89. The topological polar surface area (TPSA) is 116 Å². The molecule has 1 atom stereocenters. The first-order valence-corrected chi connectivity index (χ1v) is 14.3. The van der Waals surface area contributed by atoms with Crippen molar-refractivity contribution in [1.82, 2.24) is 14.2 Å². The predicted molar refractivity (Wildman–Crippen MR) is 143 cm³/mol. The largest absolute Gasteiger partial charge is 0.497 e. The quantitative estimate of drug-likeness (QED) is 0.501. The van der Waals surface area contributed by atoms with Crippen molar-refractivity contribution in [2.45, 2.75) is 44.0 Å². The van der Waals surface area contributed by atoms with Crippen molar-refractivity contribution in [2.75, 3.05) is 57.9 Å². The van der Waals surface area contributed by atoms with Crippen LogP contribution in [0.15, 0.2) is 35.4 Å². The summed E-state index contributed by atoms with van der Waals surface area (Å²) in [5.41, 5.74) is 1.81. The van der Waals surface area contributed by atoms with E-state index >= 15 is 0 Å². The maximum absolute atomic E-state index is 13.6. The van der Waals surface area contributed by atoms with E-state index in [9.17, 15) is 18.5 Å². The zero-order chi connectivity index (χ0) is 27.3. The van der Waals surface area contributed by atoms with E-state index in [1.807, 2.05) is 4.90 Å². The van der Waals surface area contributed by atoms with E-state index in [2.05, 4.69) is 11.1 Å². The number of pyridine rings is 1. The number of carbonyl (C=O) groups excluding carboxylic acids is 1. The van der Waals surface area contributed by atoms with Crippen LogP contribution in [0.2, 0.25) is 0 Å². The molecule has 0 N–H and O–H groups in total. The van der Waals surface area contributed by atoms with Crippen molar-refractivity contribution in [3.63, 3.8) is 0 Å². The Morgan fingerprint density at radius 3 is 2.61 bits per heavy atom. The summed E-state index contributed by atoms with van der Waals surface area (Å²) in [6, 6.07) is 8.81. The molecule has 2 aliphatic rings. The number of hydrogen-bond acceptors (Lipinski definition) is 8. The molecule has 0 saturated carbocycles. The number of nitrogens with zero attached hydrogens (tertiary/aromatic N) is 5. The van der Waals surface area contributed by atoms with Gasteiger partial charge in [-0.05, 0) is 68.5 Å². The first-order chi connectivity index (χ1) is 18.3. The summed E-state index contributed by atoms with van der Waals surface area (Å²) in [6.07, 6.45) is 3.85. The number of sulfonamides is 1. The molecule has 0 aliphatic carbocycles. The van der Waals surface area contributed by atoms with E-state index in [4.69, 9.17) is 9.47 Å². The van der Waals surface area contributed by atoms with Gasteiger partial charge >= 0.3 is 0 Å². The van der Waals surface area contributed by atoms with Crippen LogP contribution < -0.4 is 9.64 Å². The molecule has 0 radical (unpaired) electrons. The molecule has 1 amide bonds. The lowest BCUT2D eigenvalue weighted by Gasteiger charge is -2.26. The number of ether oxygens (including phenoxy) is 2. The summed E-state index contributed by atoms with van der Waals surface area (Å²) in [6.45, 7) is 6.42. The van der Waals surface area contributed by atoms with Crippen LogP contribution in [0.25, 0.3) is 0 Å². The number of rotatable bonds is 8. The zero-order valence-electron chi connectivity index (χ0n) is 22.2. The number of amides is 1. The third-order valence-electron chi connectivity index (χ3n) is 7.15. The molecule has 11 heteroatoms. The fraction of sp³-hybridized carbons (Fsp3) is 0.519. The number of aromatic nitrogens is 1. The smallest absolute Gasteiger partial charge is 0.248 e. The molecule has 0 spiro atoms. The molecule has 2 aliphatic heterocycles. The molecule has 204 valence electrons. The molecule has 10 nitrogen and oxygen atoms in total. The average molecular weight is 542 g/mol. The molecule has 2 aromatic rings. The SMILES string of the molecule is COc1cc(C)c(S(=O)(=O)N2CCCC2COCC(=O)N2CCCN(c3ncccc3C#N)CC2)c(C)c1. The van der Waals surface area contributed by atoms with Gasteiger partial charge in [-0.3, -0.25) is 4.79 Å². The second-order valence-electron chi connectivity index (χ2n) is 9.73. The fourth-order valence-electron chi connectivity index (χ4n) is 5.33. The Labute approximate surface area is 224 Å². The monoisotopic (exact) mass is 541 g/mol. The first kappa shape index (κ1) is 27.8. The second-order valence-corrected chi connectivity index (χ2v) is 11.6. The summed E-state index contributed by atoms with van der Waals surface area (Å²) in [5.74, 6) is 1.15. The number of nitriles is 1. The van der Waals surface area contributed by atoms with E-state index in [0.29, 0.717) is 72.3 Å². The van der Waals surface area contributed by atoms with Gasteiger partial charge in [0.15, 0.2) is 0 Å². The zero-order valence-corrected chi connectivity index (χ0v) is 23.0. The molecular weight excluding hydrogens is 506 g/mol. The summed E-state index contributed by atoms with van der Waals surface area (Å²) < 4.78 is 39.8. The minimum absolute atomic E-state index is 0.0992. The van der Waals surface area contributed by atoms with Crippen molar-refractivity contribution in [3.05, 3.63) is 47.2 Å². The predicted octanol–water partition coefficient (Wildman–Crippen LogP) is 2.49. The highest BCUT2D eigenvalue weighted by atomic mass is 32.2. The molecule has 1 aromatic carbocycles. The van der Waals surface area contributed by atoms with Crippen LogP contribution in [-0.2, 0) is 19.6 Å². The standard InChI is InChI=1S/C27H35N5O5S/c1-20-15-24(36-3)16-21(2)26(20)38(34,35)32-12-5-8-23(32)18-37-19-25(33)30-10-6-11-31(14-13-30)27-22(17-28)7-4-9-29-27/h4,7,9,15-16,23H,5-6,8,10-14,18-19H2,1-3H3.